The molecule has 2 rings (SSSR count). The number of hydrogen-bond acceptors (Lipinski definition) is 1. The monoisotopic (exact) mass is 303 g/mol. The van der Waals surface area contributed by atoms with Crippen LogP contribution in [0.5, 0.6) is 0 Å². The van der Waals surface area contributed by atoms with E-state index < -0.39 is 0 Å². The molecule has 1 aromatic heterocycles. The highest BCUT2D eigenvalue weighted by Crippen LogP contribution is 2.15. The predicted molar refractivity (Wildman–Crippen MR) is 62.0 cm³/mol. The summed E-state index contributed by atoms with van der Waals surface area (Å²) in [6, 6.07) is 2.70. The Hall–Kier alpha value is -0.910. The summed E-state index contributed by atoms with van der Waals surface area (Å²) in [4.78, 5) is 14.6. The first kappa shape index (κ1) is 9.64. The Morgan fingerprint density at radius 3 is 2.86 bits per heavy atom. The minimum Gasteiger partial charge on any atom is -0.360 e. The Bertz CT molecular complexity index is 562. The molecule has 0 radical (unpaired) electrons. The van der Waals surface area contributed by atoms with E-state index in [2.05, 4.69) is 4.98 Å². The van der Waals surface area contributed by atoms with E-state index in [-0.39, 0.29) is 11.2 Å². The zero-order valence-electron chi connectivity index (χ0n) is 7.40. The van der Waals surface area contributed by atoms with Crippen LogP contribution in [0.4, 0.5) is 4.39 Å². The summed E-state index contributed by atoms with van der Waals surface area (Å²) < 4.78 is 13.6. The zero-order valence-corrected chi connectivity index (χ0v) is 9.55. The van der Waals surface area contributed by atoms with Crippen LogP contribution in [0.1, 0.15) is 5.56 Å². The van der Waals surface area contributed by atoms with Crippen LogP contribution in [0.3, 0.4) is 0 Å². The SMILES string of the molecule is Cc1cc(F)cc2[nH]cc(I)c(=O)c12. The lowest BCUT2D eigenvalue weighted by Crippen LogP contribution is -2.08. The molecule has 2 aromatic rings. The van der Waals surface area contributed by atoms with Crippen molar-refractivity contribution in [2.45, 2.75) is 6.92 Å². The van der Waals surface area contributed by atoms with Gasteiger partial charge in [-0.05, 0) is 47.2 Å². The van der Waals surface area contributed by atoms with Crippen LogP contribution in [0.15, 0.2) is 23.1 Å². The fourth-order valence-electron chi connectivity index (χ4n) is 1.48. The maximum Gasteiger partial charge on any atom is 0.202 e. The van der Waals surface area contributed by atoms with Crippen LogP contribution in [0.25, 0.3) is 10.9 Å². The number of hydrogen-bond donors (Lipinski definition) is 1. The van der Waals surface area contributed by atoms with Gasteiger partial charge in [-0.2, -0.15) is 0 Å². The highest BCUT2D eigenvalue weighted by atomic mass is 127. The Morgan fingerprint density at radius 2 is 2.14 bits per heavy atom. The summed E-state index contributed by atoms with van der Waals surface area (Å²) in [5.74, 6) is -0.327. The van der Waals surface area contributed by atoms with Crippen molar-refractivity contribution in [3.05, 3.63) is 43.5 Å². The van der Waals surface area contributed by atoms with E-state index in [1.54, 1.807) is 13.1 Å². The number of rotatable bonds is 0. The van der Waals surface area contributed by atoms with Crippen molar-refractivity contribution in [1.29, 1.82) is 0 Å². The van der Waals surface area contributed by atoms with Crippen LogP contribution >= 0.6 is 22.6 Å². The van der Waals surface area contributed by atoms with Crippen LogP contribution < -0.4 is 5.43 Å². The number of benzene rings is 1. The first-order valence-corrected chi connectivity index (χ1v) is 5.14. The molecule has 0 bridgehead atoms. The molecular formula is C10H7FINO. The van der Waals surface area contributed by atoms with E-state index in [1.807, 2.05) is 22.6 Å². The van der Waals surface area contributed by atoms with E-state index in [0.717, 1.165) is 0 Å². The van der Waals surface area contributed by atoms with Gasteiger partial charge in [0.2, 0.25) is 5.43 Å². The van der Waals surface area contributed by atoms with Crippen LogP contribution in [0.2, 0.25) is 0 Å². The van der Waals surface area contributed by atoms with Gasteiger partial charge in [0.15, 0.2) is 0 Å². The minimum absolute atomic E-state index is 0.0446. The molecular weight excluding hydrogens is 296 g/mol. The van der Waals surface area contributed by atoms with Crippen molar-refractivity contribution >= 4 is 33.5 Å². The summed E-state index contributed by atoms with van der Waals surface area (Å²) >= 11 is 1.96. The second-order valence-corrected chi connectivity index (χ2v) is 4.27. The Kier molecular flexibility index (Phi) is 2.30. The van der Waals surface area contributed by atoms with Gasteiger partial charge in [-0.3, -0.25) is 4.79 Å². The molecule has 1 N–H and O–H groups in total. The normalized spacial score (nSPS) is 10.8. The van der Waals surface area contributed by atoms with Crippen molar-refractivity contribution in [3.8, 4) is 0 Å². The van der Waals surface area contributed by atoms with Gasteiger partial charge in [-0.25, -0.2) is 4.39 Å². The third-order valence-electron chi connectivity index (χ3n) is 2.10. The largest absolute Gasteiger partial charge is 0.360 e. The Balaban J connectivity index is 3.03. The fourth-order valence-corrected chi connectivity index (χ4v) is 1.91. The first-order chi connectivity index (χ1) is 6.59. The number of fused-ring (bicyclic) bond motifs is 1. The second kappa shape index (κ2) is 3.34. The molecule has 1 heterocycles. The molecule has 0 unspecified atom stereocenters. The van der Waals surface area contributed by atoms with Gasteiger partial charge in [0, 0.05) is 11.6 Å². The van der Waals surface area contributed by atoms with E-state index in [4.69, 9.17) is 0 Å². The summed E-state index contributed by atoms with van der Waals surface area (Å²) in [5, 5.41) is 0.568. The van der Waals surface area contributed by atoms with Crippen LogP contribution in [-0.2, 0) is 0 Å². The number of aryl methyl sites for hydroxylation is 1. The van der Waals surface area contributed by atoms with E-state index in [9.17, 15) is 9.18 Å². The summed E-state index contributed by atoms with van der Waals surface area (Å²) in [5.41, 5.74) is 1.17. The fraction of sp³-hybridized carbons (Fsp3) is 0.100. The average Bonchev–Trinajstić information content (AvgIpc) is 2.10. The highest BCUT2D eigenvalue weighted by Gasteiger charge is 2.06. The highest BCUT2D eigenvalue weighted by molar-refractivity contribution is 14.1. The third kappa shape index (κ3) is 1.43. The maximum absolute atomic E-state index is 13.0. The number of nitrogens with one attached hydrogen (secondary N) is 1. The standard InChI is InChI=1S/C10H7FINO/c1-5-2-6(11)3-8-9(5)10(14)7(12)4-13-8/h2-4H,1H3,(H,13,14). The van der Waals surface area contributed by atoms with Gasteiger partial charge < -0.3 is 4.98 Å². The van der Waals surface area contributed by atoms with Gasteiger partial charge in [0.1, 0.15) is 5.82 Å². The molecule has 14 heavy (non-hydrogen) atoms. The number of aromatic nitrogens is 1. The minimum atomic E-state index is -0.327. The molecule has 0 fully saturated rings. The summed E-state index contributed by atoms with van der Waals surface area (Å²) in [6.45, 7) is 1.73. The molecule has 72 valence electrons. The molecule has 0 amide bonds. The second-order valence-electron chi connectivity index (χ2n) is 3.11. The Labute approximate surface area is 93.3 Å². The number of pyridine rings is 1. The van der Waals surface area contributed by atoms with Crippen molar-refractivity contribution in [3.63, 3.8) is 0 Å². The van der Waals surface area contributed by atoms with E-state index >= 15 is 0 Å². The molecule has 0 aliphatic rings. The molecule has 1 aromatic carbocycles. The third-order valence-corrected chi connectivity index (χ3v) is 2.90. The maximum atomic E-state index is 13.0. The van der Waals surface area contributed by atoms with Crippen molar-refractivity contribution in [2.75, 3.05) is 0 Å². The quantitative estimate of drug-likeness (QED) is 0.746. The molecule has 0 saturated carbocycles. The van der Waals surface area contributed by atoms with Crippen molar-refractivity contribution in [1.82, 2.24) is 4.98 Å². The lowest BCUT2D eigenvalue weighted by atomic mass is 10.1. The van der Waals surface area contributed by atoms with Crippen LogP contribution in [-0.4, -0.2) is 4.98 Å². The molecule has 2 nitrogen and oxygen atoms in total. The first-order valence-electron chi connectivity index (χ1n) is 4.06. The molecule has 0 atom stereocenters. The van der Waals surface area contributed by atoms with Gasteiger partial charge >= 0.3 is 0 Å². The smallest absolute Gasteiger partial charge is 0.202 e. The van der Waals surface area contributed by atoms with Crippen molar-refractivity contribution < 1.29 is 4.39 Å². The molecule has 0 aliphatic heterocycles. The summed E-state index contributed by atoms with van der Waals surface area (Å²) in [7, 11) is 0. The zero-order chi connectivity index (χ0) is 10.3. The molecule has 0 spiro atoms. The number of halogens is 2. The number of aromatic amines is 1. The summed E-state index contributed by atoms with van der Waals surface area (Å²) in [6.07, 6.45) is 1.59. The Morgan fingerprint density at radius 1 is 1.43 bits per heavy atom. The molecule has 0 saturated heterocycles. The van der Waals surface area contributed by atoms with Gasteiger partial charge in [0.25, 0.3) is 0 Å². The molecule has 4 heteroatoms. The van der Waals surface area contributed by atoms with Gasteiger partial charge in [-0.15, -0.1) is 0 Å². The lowest BCUT2D eigenvalue weighted by Gasteiger charge is -2.02. The van der Waals surface area contributed by atoms with Crippen molar-refractivity contribution in [2.24, 2.45) is 0 Å². The molecule has 0 aliphatic carbocycles. The predicted octanol–water partition coefficient (Wildman–Crippen LogP) is 2.58. The lowest BCUT2D eigenvalue weighted by molar-refractivity contribution is 0.628. The number of H-pyrrole nitrogens is 1. The van der Waals surface area contributed by atoms with Crippen LogP contribution in [0, 0.1) is 16.3 Å². The van der Waals surface area contributed by atoms with E-state index in [1.165, 1.54) is 12.1 Å². The topological polar surface area (TPSA) is 32.9 Å². The van der Waals surface area contributed by atoms with Gasteiger partial charge in [0.05, 0.1) is 9.09 Å². The van der Waals surface area contributed by atoms with Gasteiger partial charge in [-0.1, -0.05) is 0 Å². The average molecular weight is 303 g/mol. The van der Waals surface area contributed by atoms with E-state index in [0.29, 0.717) is 20.0 Å².